The van der Waals surface area contributed by atoms with Crippen LogP contribution in [0.4, 0.5) is 5.69 Å². The Balaban J connectivity index is 3.50. The van der Waals surface area contributed by atoms with Crippen LogP contribution in [-0.4, -0.2) is 13.5 Å². The van der Waals surface area contributed by atoms with Crippen molar-refractivity contribution in [3.8, 4) is 5.75 Å². The molecule has 0 aromatic heterocycles. The summed E-state index contributed by atoms with van der Waals surface area (Å²) in [6, 6.07) is 2.27. The number of nitrogen functional groups attached to an aromatic ring is 1. The van der Waals surface area contributed by atoms with Gasteiger partial charge in [-0.3, -0.25) is 0 Å². The minimum Gasteiger partial charge on any atom is -0.506 e. The van der Waals surface area contributed by atoms with Gasteiger partial charge in [-0.05, 0) is 28.1 Å². The lowest BCUT2D eigenvalue weighted by Gasteiger charge is -2.04. The van der Waals surface area contributed by atoms with Gasteiger partial charge in [0.05, 0.1) is 10.6 Å². The molecule has 0 saturated carbocycles. The van der Waals surface area contributed by atoms with Crippen LogP contribution in [0.15, 0.2) is 21.5 Å². The number of halogens is 1. The number of nitrogens with two attached hydrogens (primary N) is 2. The van der Waals surface area contributed by atoms with Gasteiger partial charge in [0.25, 0.3) is 0 Å². The van der Waals surface area contributed by atoms with E-state index < -0.39 is 10.0 Å². The average molecular weight is 267 g/mol. The fraction of sp³-hybridized carbons (Fsp3) is 0. The van der Waals surface area contributed by atoms with Crippen molar-refractivity contribution >= 4 is 31.6 Å². The third kappa shape index (κ3) is 2.11. The molecule has 0 aliphatic carbocycles. The number of hydrogen-bond acceptors (Lipinski definition) is 4. The molecule has 0 amide bonds. The molecule has 0 atom stereocenters. The highest BCUT2D eigenvalue weighted by Gasteiger charge is 2.14. The fourth-order valence-corrected chi connectivity index (χ4v) is 2.41. The fourth-order valence-electron chi connectivity index (χ4n) is 0.777. The summed E-state index contributed by atoms with van der Waals surface area (Å²) in [5.41, 5.74) is 5.26. The summed E-state index contributed by atoms with van der Waals surface area (Å²) in [6.45, 7) is 0. The predicted molar refractivity (Wildman–Crippen MR) is 51.6 cm³/mol. The third-order valence-electron chi connectivity index (χ3n) is 1.39. The van der Waals surface area contributed by atoms with Crippen molar-refractivity contribution in [2.75, 3.05) is 5.73 Å². The first-order chi connectivity index (χ1) is 5.82. The molecule has 5 nitrogen and oxygen atoms in total. The molecular formula is C6H7BrN2O3S. The minimum absolute atomic E-state index is 0.0350. The van der Waals surface area contributed by atoms with E-state index in [4.69, 9.17) is 16.0 Å². The zero-order valence-corrected chi connectivity index (χ0v) is 8.76. The van der Waals surface area contributed by atoms with E-state index in [1.165, 1.54) is 6.07 Å². The number of phenols is 1. The zero-order valence-electron chi connectivity index (χ0n) is 6.36. The van der Waals surface area contributed by atoms with E-state index >= 15 is 0 Å². The molecule has 0 radical (unpaired) electrons. The number of hydrogen-bond donors (Lipinski definition) is 3. The van der Waals surface area contributed by atoms with Gasteiger partial charge < -0.3 is 10.8 Å². The predicted octanol–water partition coefficient (Wildman–Crippen LogP) is 0.384. The molecule has 0 aliphatic heterocycles. The van der Waals surface area contributed by atoms with Gasteiger partial charge in [-0.25, -0.2) is 13.6 Å². The second kappa shape index (κ2) is 3.17. The Labute approximate surface area is 83.5 Å². The summed E-state index contributed by atoms with van der Waals surface area (Å²) in [5.74, 6) is -0.195. The van der Waals surface area contributed by atoms with Crippen molar-refractivity contribution in [3.05, 3.63) is 16.6 Å². The first-order valence-electron chi connectivity index (χ1n) is 3.13. The standard InChI is InChI=1S/C6H7BrN2O3S/c7-3-1-5(10)4(8)2-6(3)13(9,11)12/h1-2,10H,8H2,(H2,9,11,12). The van der Waals surface area contributed by atoms with Crippen molar-refractivity contribution in [3.63, 3.8) is 0 Å². The number of rotatable bonds is 1. The molecule has 1 aromatic rings. The summed E-state index contributed by atoms with van der Waals surface area (Å²) < 4.78 is 22.0. The van der Waals surface area contributed by atoms with Crippen LogP contribution in [0.25, 0.3) is 0 Å². The molecular weight excluding hydrogens is 260 g/mol. The summed E-state index contributed by atoms with van der Waals surface area (Å²) in [7, 11) is -3.81. The van der Waals surface area contributed by atoms with Gasteiger partial charge in [0, 0.05) is 4.47 Å². The van der Waals surface area contributed by atoms with Gasteiger partial charge >= 0.3 is 0 Å². The van der Waals surface area contributed by atoms with Crippen LogP contribution in [0, 0.1) is 0 Å². The topological polar surface area (TPSA) is 106 Å². The molecule has 0 spiro atoms. The van der Waals surface area contributed by atoms with Crippen LogP contribution in [0.1, 0.15) is 0 Å². The molecule has 0 aliphatic rings. The Kier molecular flexibility index (Phi) is 2.51. The maximum Gasteiger partial charge on any atom is 0.239 e. The molecule has 0 saturated heterocycles. The van der Waals surface area contributed by atoms with E-state index in [2.05, 4.69) is 15.9 Å². The van der Waals surface area contributed by atoms with Crippen molar-refractivity contribution in [1.29, 1.82) is 0 Å². The lowest BCUT2D eigenvalue weighted by Crippen LogP contribution is -2.13. The number of phenolic OH excluding ortho intramolecular Hbond substituents is 1. The highest BCUT2D eigenvalue weighted by Crippen LogP contribution is 2.30. The number of primary sulfonamides is 1. The van der Waals surface area contributed by atoms with Crippen LogP contribution >= 0.6 is 15.9 Å². The number of aromatic hydroxyl groups is 1. The SMILES string of the molecule is Nc1cc(S(N)(=O)=O)c(Br)cc1O. The molecule has 1 rings (SSSR count). The van der Waals surface area contributed by atoms with E-state index in [0.717, 1.165) is 6.07 Å². The number of sulfonamides is 1. The van der Waals surface area contributed by atoms with E-state index in [9.17, 15) is 8.42 Å². The molecule has 0 fully saturated rings. The summed E-state index contributed by atoms with van der Waals surface area (Å²) >= 11 is 2.94. The first-order valence-corrected chi connectivity index (χ1v) is 5.47. The largest absolute Gasteiger partial charge is 0.506 e. The maximum atomic E-state index is 10.9. The van der Waals surface area contributed by atoms with Gasteiger partial charge in [-0.15, -0.1) is 0 Å². The van der Waals surface area contributed by atoms with Gasteiger partial charge in [0.15, 0.2) is 0 Å². The van der Waals surface area contributed by atoms with E-state index in [0.29, 0.717) is 0 Å². The second-order valence-corrected chi connectivity index (χ2v) is 4.77. The molecule has 1 aromatic carbocycles. The normalized spacial score (nSPS) is 11.5. The lowest BCUT2D eigenvalue weighted by molar-refractivity contribution is 0.477. The molecule has 72 valence electrons. The number of anilines is 1. The summed E-state index contributed by atoms with van der Waals surface area (Å²) in [6.07, 6.45) is 0. The molecule has 13 heavy (non-hydrogen) atoms. The van der Waals surface area contributed by atoms with Crippen LogP contribution in [0.3, 0.4) is 0 Å². The first kappa shape index (κ1) is 10.3. The average Bonchev–Trinajstić information content (AvgIpc) is 1.94. The van der Waals surface area contributed by atoms with Gasteiger partial charge in [-0.2, -0.15) is 0 Å². The Morgan fingerprint density at radius 2 is 1.92 bits per heavy atom. The lowest BCUT2D eigenvalue weighted by atomic mass is 10.3. The second-order valence-electron chi connectivity index (χ2n) is 2.39. The zero-order chi connectivity index (χ0) is 10.2. The molecule has 0 heterocycles. The molecule has 7 heteroatoms. The Morgan fingerprint density at radius 1 is 1.38 bits per heavy atom. The summed E-state index contributed by atoms with van der Waals surface area (Å²) in [4.78, 5) is -0.150. The van der Waals surface area contributed by atoms with Gasteiger partial charge in [-0.1, -0.05) is 0 Å². The van der Waals surface area contributed by atoms with Crippen LogP contribution in [0.5, 0.6) is 5.75 Å². The Hall–Kier alpha value is -0.790. The Bertz CT molecular complexity index is 443. The van der Waals surface area contributed by atoms with Crippen molar-refractivity contribution in [2.24, 2.45) is 5.14 Å². The smallest absolute Gasteiger partial charge is 0.239 e. The van der Waals surface area contributed by atoms with Crippen LogP contribution < -0.4 is 10.9 Å². The van der Waals surface area contributed by atoms with Crippen molar-refractivity contribution in [2.45, 2.75) is 4.90 Å². The highest BCUT2D eigenvalue weighted by atomic mass is 79.9. The molecule has 0 unspecified atom stereocenters. The third-order valence-corrected chi connectivity index (χ3v) is 3.26. The van der Waals surface area contributed by atoms with Crippen LogP contribution in [-0.2, 0) is 10.0 Å². The molecule has 0 bridgehead atoms. The van der Waals surface area contributed by atoms with Gasteiger partial charge in [0.1, 0.15) is 5.75 Å². The monoisotopic (exact) mass is 266 g/mol. The minimum atomic E-state index is -3.81. The van der Waals surface area contributed by atoms with Crippen LogP contribution in [0.2, 0.25) is 0 Å². The maximum absolute atomic E-state index is 10.9. The van der Waals surface area contributed by atoms with Gasteiger partial charge in [0.2, 0.25) is 10.0 Å². The van der Waals surface area contributed by atoms with Crippen molar-refractivity contribution in [1.82, 2.24) is 0 Å². The van der Waals surface area contributed by atoms with Crippen molar-refractivity contribution < 1.29 is 13.5 Å². The summed E-state index contributed by atoms with van der Waals surface area (Å²) in [5, 5.41) is 14.0. The quantitative estimate of drug-likeness (QED) is 0.505. The van der Waals surface area contributed by atoms with E-state index in [1.54, 1.807) is 0 Å². The molecule has 5 N–H and O–H groups in total. The van der Waals surface area contributed by atoms with E-state index in [-0.39, 0.29) is 20.8 Å². The number of benzene rings is 1. The highest BCUT2D eigenvalue weighted by molar-refractivity contribution is 9.10. The Morgan fingerprint density at radius 3 is 2.38 bits per heavy atom. The van der Waals surface area contributed by atoms with E-state index in [1.807, 2.05) is 0 Å².